The summed E-state index contributed by atoms with van der Waals surface area (Å²) < 4.78 is 34.3. The third-order valence-electron chi connectivity index (χ3n) is 7.31. The first-order chi connectivity index (χ1) is 19.9. The second-order valence-electron chi connectivity index (χ2n) is 10.0. The monoisotopic (exact) mass is 576 g/mol. The van der Waals surface area contributed by atoms with Crippen molar-refractivity contribution in [3.8, 4) is 23.0 Å². The summed E-state index contributed by atoms with van der Waals surface area (Å²) in [7, 11) is 3.01. The summed E-state index contributed by atoms with van der Waals surface area (Å²) in [5.74, 6) is 1.19. The zero-order valence-electron chi connectivity index (χ0n) is 23.5. The lowest BCUT2D eigenvalue weighted by Gasteiger charge is -2.39. The molecule has 4 rings (SSSR count). The third kappa shape index (κ3) is 6.78. The average Bonchev–Trinajstić information content (AvgIpc) is 3.37. The minimum Gasteiger partial charge on any atom is -0.493 e. The van der Waals surface area contributed by atoms with E-state index in [-0.39, 0.29) is 18.1 Å². The Kier molecular flexibility index (Phi) is 10.8. The maximum absolute atomic E-state index is 10.4. The van der Waals surface area contributed by atoms with Crippen molar-refractivity contribution in [3.05, 3.63) is 53.1 Å². The van der Waals surface area contributed by atoms with E-state index in [4.69, 9.17) is 28.4 Å². The Morgan fingerprint density at radius 3 is 2.37 bits per heavy atom. The van der Waals surface area contributed by atoms with Crippen LogP contribution >= 0.6 is 0 Å². The van der Waals surface area contributed by atoms with Gasteiger partial charge in [0.2, 0.25) is 6.29 Å². The summed E-state index contributed by atoms with van der Waals surface area (Å²) >= 11 is 0. The zero-order valence-corrected chi connectivity index (χ0v) is 23.5. The first-order valence-electron chi connectivity index (χ1n) is 13.8. The molecule has 226 valence electrons. The molecule has 5 N–H and O–H groups in total. The number of methoxy groups -OCH3 is 2. The maximum Gasteiger partial charge on any atom is 0.229 e. The van der Waals surface area contributed by atoms with Crippen molar-refractivity contribution < 1.29 is 54.0 Å². The van der Waals surface area contributed by atoms with Crippen molar-refractivity contribution in [2.24, 2.45) is 0 Å². The third-order valence-corrected chi connectivity index (χ3v) is 7.31. The molecule has 0 aliphatic carbocycles. The van der Waals surface area contributed by atoms with Crippen molar-refractivity contribution in [2.75, 3.05) is 40.6 Å². The van der Waals surface area contributed by atoms with Gasteiger partial charge in [0.25, 0.3) is 0 Å². The van der Waals surface area contributed by atoms with Gasteiger partial charge in [-0.25, -0.2) is 0 Å². The van der Waals surface area contributed by atoms with Crippen LogP contribution in [0.25, 0.3) is 6.08 Å². The molecule has 2 aromatic carbocycles. The largest absolute Gasteiger partial charge is 0.493 e. The van der Waals surface area contributed by atoms with Crippen LogP contribution in [-0.2, 0) is 9.47 Å². The lowest BCUT2D eigenvalue weighted by molar-refractivity contribution is -0.277. The molecule has 7 atom stereocenters. The van der Waals surface area contributed by atoms with Crippen LogP contribution < -0.4 is 18.9 Å². The normalized spacial score (nSPS) is 27.5. The van der Waals surface area contributed by atoms with Gasteiger partial charge in [-0.1, -0.05) is 31.6 Å². The number of hydrogen-bond donors (Lipinski definition) is 5. The molecule has 0 unspecified atom stereocenters. The van der Waals surface area contributed by atoms with E-state index in [9.17, 15) is 25.5 Å². The highest BCUT2D eigenvalue weighted by atomic mass is 16.7. The summed E-state index contributed by atoms with van der Waals surface area (Å²) in [6, 6.07) is 8.87. The van der Waals surface area contributed by atoms with Crippen LogP contribution in [0.5, 0.6) is 23.0 Å². The van der Waals surface area contributed by atoms with E-state index in [0.717, 1.165) is 24.0 Å². The van der Waals surface area contributed by atoms with E-state index in [0.29, 0.717) is 30.3 Å². The first-order valence-corrected chi connectivity index (χ1v) is 13.8. The Bertz CT molecular complexity index is 1170. The Morgan fingerprint density at radius 1 is 0.902 bits per heavy atom. The predicted molar refractivity (Wildman–Crippen MR) is 148 cm³/mol. The van der Waals surface area contributed by atoms with E-state index in [2.05, 4.69) is 6.92 Å². The van der Waals surface area contributed by atoms with Gasteiger partial charge in [-0.05, 0) is 41.8 Å². The average molecular weight is 577 g/mol. The summed E-state index contributed by atoms with van der Waals surface area (Å²) in [6.07, 6.45) is -1.69. The molecule has 11 heteroatoms. The van der Waals surface area contributed by atoms with Crippen LogP contribution in [0.2, 0.25) is 0 Å². The molecule has 1 fully saturated rings. The maximum atomic E-state index is 10.4. The van der Waals surface area contributed by atoms with Gasteiger partial charge >= 0.3 is 0 Å². The number of benzene rings is 2. The van der Waals surface area contributed by atoms with Crippen molar-refractivity contribution in [3.63, 3.8) is 0 Å². The van der Waals surface area contributed by atoms with E-state index >= 15 is 0 Å². The van der Waals surface area contributed by atoms with Gasteiger partial charge in [0, 0.05) is 12.2 Å². The molecular formula is C30H40O11. The number of hydrogen-bond acceptors (Lipinski definition) is 11. The standard InChI is InChI=1S/C30H40O11/c1-4-5-10-38-11-6-7-17-12-19-20(15-31)28(41-29(19)23(13-17)37-3)18-8-9-21(22(14-18)36-2)39-30-27(35)26(34)25(33)24(16-32)40-30/h6-9,12-14,20,24-28,30-35H,4-5,10-11,15-16H2,1-3H3/b7-6+/t20-,24+,25+,26-,27+,28+,30+/m0/s1. The second kappa shape index (κ2) is 14.3. The number of unbranched alkanes of at least 4 members (excludes halogenated alkanes) is 1. The van der Waals surface area contributed by atoms with Crippen LogP contribution in [0, 0.1) is 0 Å². The Balaban J connectivity index is 1.54. The fourth-order valence-corrected chi connectivity index (χ4v) is 4.99. The van der Waals surface area contributed by atoms with Crippen LogP contribution in [0.15, 0.2) is 36.4 Å². The number of fused-ring (bicyclic) bond motifs is 1. The lowest BCUT2D eigenvalue weighted by Crippen LogP contribution is -2.60. The van der Waals surface area contributed by atoms with Gasteiger partial charge in [0.05, 0.1) is 40.0 Å². The molecule has 11 nitrogen and oxygen atoms in total. The van der Waals surface area contributed by atoms with Crippen LogP contribution in [0.1, 0.15) is 48.5 Å². The number of ether oxygens (including phenoxy) is 6. The zero-order chi connectivity index (χ0) is 29.5. The van der Waals surface area contributed by atoms with E-state index in [1.54, 1.807) is 25.3 Å². The molecule has 0 spiro atoms. The molecule has 0 bridgehead atoms. The molecule has 0 aromatic heterocycles. The second-order valence-corrected chi connectivity index (χ2v) is 10.0. The highest BCUT2D eigenvalue weighted by molar-refractivity contribution is 5.62. The SMILES string of the molecule is CCCCOC/C=C/c1cc(OC)c2c(c1)[C@H](CO)[C@@H](c1ccc(O[C@@H]3O[C@H](CO)[C@@H](O)[C@H](O)[C@H]3O)c(OC)c1)O2. The van der Waals surface area contributed by atoms with Crippen LogP contribution in [-0.4, -0.2) is 96.9 Å². The Labute approximate surface area is 239 Å². The smallest absolute Gasteiger partial charge is 0.229 e. The van der Waals surface area contributed by atoms with Crippen molar-refractivity contribution >= 4 is 6.08 Å². The Hall–Kier alpha value is -2.90. The van der Waals surface area contributed by atoms with Gasteiger partial charge in [0.1, 0.15) is 30.5 Å². The van der Waals surface area contributed by atoms with E-state index in [1.807, 2.05) is 24.3 Å². The van der Waals surface area contributed by atoms with E-state index < -0.39 is 49.3 Å². The van der Waals surface area contributed by atoms with Crippen molar-refractivity contribution in [2.45, 2.75) is 62.5 Å². The molecule has 2 aliphatic heterocycles. The van der Waals surface area contributed by atoms with Crippen molar-refractivity contribution in [1.82, 2.24) is 0 Å². The summed E-state index contributed by atoms with van der Waals surface area (Å²) in [6.45, 7) is 2.58. The number of aliphatic hydroxyl groups excluding tert-OH is 5. The van der Waals surface area contributed by atoms with Gasteiger partial charge in [-0.3, -0.25) is 0 Å². The molecule has 2 aromatic rings. The minimum absolute atomic E-state index is 0.181. The van der Waals surface area contributed by atoms with Gasteiger partial charge < -0.3 is 54.0 Å². The highest BCUT2D eigenvalue weighted by Crippen LogP contribution is 2.51. The number of rotatable bonds is 13. The summed E-state index contributed by atoms with van der Waals surface area (Å²) in [5, 5.41) is 50.3. The summed E-state index contributed by atoms with van der Waals surface area (Å²) in [5.41, 5.74) is 2.40. The van der Waals surface area contributed by atoms with Crippen LogP contribution in [0.4, 0.5) is 0 Å². The van der Waals surface area contributed by atoms with Gasteiger partial charge in [-0.15, -0.1) is 0 Å². The van der Waals surface area contributed by atoms with Crippen LogP contribution in [0.3, 0.4) is 0 Å². The molecule has 0 radical (unpaired) electrons. The molecule has 41 heavy (non-hydrogen) atoms. The quantitative estimate of drug-likeness (QED) is 0.222. The Morgan fingerprint density at radius 2 is 1.68 bits per heavy atom. The van der Waals surface area contributed by atoms with Gasteiger partial charge in [-0.2, -0.15) is 0 Å². The van der Waals surface area contributed by atoms with E-state index in [1.165, 1.54) is 7.11 Å². The molecule has 0 saturated carbocycles. The first kappa shape index (κ1) is 31.0. The predicted octanol–water partition coefficient (Wildman–Crippen LogP) is 1.92. The molecule has 2 heterocycles. The highest BCUT2D eigenvalue weighted by Gasteiger charge is 2.45. The molecule has 0 amide bonds. The summed E-state index contributed by atoms with van der Waals surface area (Å²) in [4.78, 5) is 0. The fraction of sp³-hybridized carbons (Fsp3) is 0.533. The van der Waals surface area contributed by atoms with Gasteiger partial charge in [0.15, 0.2) is 23.0 Å². The fourth-order valence-electron chi connectivity index (χ4n) is 4.99. The topological polar surface area (TPSA) is 157 Å². The minimum atomic E-state index is -1.57. The number of aliphatic hydroxyl groups is 5. The lowest BCUT2D eigenvalue weighted by atomic mass is 9.90. The molecule has 2 aliphatic rings. The van der Waals surface area contributed by atoms with Crippen molar-refractivity contribution in [1.29, 1.82) is 0 Å². The molecule has 1 saturated heterocycles. The molecular weight excluding hydrogens is 536 g/mol.